The summed E-state index contributed by atoms with van der Waals surface area (Å²) in [5.74, 6) is -1.63. The second-order valence-electron chi connectivity index (χ2n) is 7.10. The molecule has 13 heteroatoms. The van der Waals surface area contributed by atoms with Crippen LogP contribution in [0.25, 0.3) is 0 Å². The van der Waals surface area contributed by atoms with Crippen molar-refractivity contribution in [1.82, 2.24) is 9.55 Å². The second-order valence-corrected chi connectivity index (χ2v) is 7.10. The van der Waals surface area contributed by atoms with Gasteiger partial charge in [-0.25, -0.2) is 4.79 Å². The standard InChI is InChI=1S/C17H25N7O6/c18-8-17(24-5-3-11(25)23-16(24)29)6-9(12(26)13(17)27)7-30-14(28)10(19)2-1-4-22-15(20)21/h3,5,9-10,12-13,26-27H,1-2,4,6-7,19H2,(H4,20,21,22)(H,23,25,29)/t9-,10+,12?,13?,17+/m1/s1. The predicted octanol–water partition coefficient (Wildman–Crippen LogP) is -3.58. The minimum absolute atomic E-state index is 0.0671. The Bertz CT molecular complexity index is 947. The van der Waals surface area contributed by atoms with E-state index in [1.807, 2.05) is 11.1 Å². The van der Waals surface area contributed by atoms with Gasteiger partial charge in [-0.05, 0) is 19.3 Å². The number of aromatic nitrogens is 2. The largest absolute Gasteiger partial charge is 0.464 e. The van der Waals surface area contributed by atoms with Gasteiger partial charge in [0.1, 0.15) is 12.1 Å². The number of hydrogen-bond acceptors (Lipinski definition) is 9. The maximum Gasteiger partial charge on any atom is 0.329 e. The molecule has 0 saturated heterocycles. The van der Waals surface area contributed by atoms with Crippen LogP contribution in [0.1, 0.15) is 19.3 Å². The van der Waals surface area contributed by atoms with Crippen molar-refractivity contribution in [1.29, 1.82) is 5.26 Å². The van der Waals surface area contributed by atoms with Crippen LogP contribution < -0.4 is 28.5 Å². The number of guanidine groups is 1. The molecule has 1 aromatic rings. The summed E-state index contributed by atoms with van der Waals surface area (Å²) in [6, 6.07) is 1.93. The lowest BCUT2D eigenvalue weighted by atomic mass is 9.95. The highest BCUT2D eigenvalue weighted by Gasteiger charge is 2.55. The van der Waals surface area contributed by atoms with Crippen LogP contribution in [0.4, 0.5) is 0 Å². The van der Waals surface area contributed by atoms with Crippen molar-refractivity contribution in [2.45, 2.75) is 43.1 Å². The first-order valence-electron chi connectivity index (χ1n) is 9.20. The molecule has 164 valence electrons. The van der Waals surface area contributed by atoms with Gasteiger partial charge in [-0.2, -0.15) is 5.26 Å². The number of aliphatic hydroxyl groups excluding tert-OH is 2. The van der Waals surface area contributed by atoms with Crippen LogP contribution in [0.15, 0.2) is 26.8 Å². The molecule has 2 unspecified atom stereocenters. The number of aliphatic hydroxyl groups is 2. The van der Waals surface area contributed by atoms with E-state index in [0.717, 1.165) is 16.8 Å². The van der Waals surface area contributed by atoms with Gasteiger partial charge < -0.3 is 32.2 Å². The van der Waals surface area contributed by atoms with Crippen LogP contribution in [0.3, 0.4) is 0 Å². The van der Waals surface area contributed by atoms with Gasteiger partial charge in [0.05, 0.1) is 18.8 Å². The Morgan fingerprint density at radius 1 is 1.47 bits per heavy atom. The van der Waals surface area contributed by atoms with Crippen molar-refractivity contribution in [3.63, 3.8) is 0 Å². The topological polar surface area (TPSA) is 236 Å². The fourth-order valence-corrected chi connectivity index (χ4v) is 3.41. The Hall–Kier alpha value is -3.21. The average molecular weight is 423 g/mol. The average Bonchev–Trinajstić information content (AvgIpc) is 2.94. The number of aliphatic imine (C=N–C) groups is 1. The van der Waals surface area contributed by atoms with E-state index in [1.54, 1.807) is 0 Å². The summed E-state index contributed by atoms with van der Waals surface area (Å²) in [7, 11) is 0. The molecule has 1 saturated carbocycles. The van der Waals surface area contributed by atoms with Crippen molar-refractivity contribution in [2.24, 2.45) is 28.1 Å². The summed E-state index contributed by atoms with van der Waals surface area (Å²) >= 11 is 0. The maximum absolute atomic E-state index is 12.1. The van der Waals surface area contributed by atoms with Gasteiger partial charge >= 0.3 is 11.7 Å². The van der Waals surface area contributed by atoms with Crippen molar-refractivity contribution < 1.29 is 19.7 Å². The SMILES string of the molecule is N#C[C@@]1(n2ccc(=O)[nH]c2=O)C[C@H](COC(=O)[C@@H](N)CCCN=C(N)N)C(O)C1O. The molecule has 5 atom stereocenters. The highest BCUT2D eigenvalue weighted by molar-refractivity contribution is 5.76. The molecule has 1 aromatic heterocycles. The monoisotopic (exact) mass is 423 g/mol. The van der Waals surface area contributed by atoms with E-state index >= 15 is 0 Å². The second kappa shape index (κ2) is 9.53. The summed E-state index contributed by atoms with van der Waals surface area (Å²) in [6.45, 7) is -0.0182. The number of hydrogen-bond donors (Lipinski definition) is 6. The van der Waals surface area contributed by atoms with Gasteiger partial charge in [0, 0.05) is 24.7 Å². The Balaban J connectivity index is 2.03. The number of nitrogens with zero attached hydrogens (tertiary/aromatic N) is 3. The Labute approximate surface area is 170 Å². The summed E-state index contributed by atoms with van der Waals surface area (Å²) in [6.07, 6.45) is -1.50. The fraction of sp³-hybridized carbons (Fsp3) is 0.588. The lowest BCUT2D eigenvalue weighted by molar-refractivity contribution is -0.148. The van der Waals surface area contributed by atoms with Crippen molar-refractivity contribution in [3.8, 4) is 6.07 Å². The third-order valence-electron chi connectivity index (χ3n) is 5.03. The zero-order chi connectivity index (χ0) is 22.5. The number of carbonyl (C=O) groups is 1. The van der Waals surface area contributed by atoms with Crippen LogP contribution in [0, 0.1) is 17.2 Å². The van der Waals surface area contributed by atoms with Gasteiger partial charge in [-0.1, -0.05) is 0 Å². The van der Waals surface area contributed by atoms with Crippen LogP contribution in [-0.2, 0) is 15.1 Å². The van der Waals surface area contributed by atoms with Crippen molar-refractivity contribution in [3.05, 3.63) is 33.1 Å². The lowest BCUT2D eigenvalue weighted by Gasteiger charge is -2.27. The Morgan fingerprint density at radius 2 is 2.17 bits per heavy atom. The molecule has 0 aliphatic heterocycles. The maximum atomic E-state index is 12.1. The summed E-state index contributed by atoms with van der Waals surface area (Å²) in [5, 5.41) is 30.5. The smallest absolute Gasteiger partial charge is 0.329 e. The van der Waals surface area contributed by atoms with E-state index in [4.69, 9.17) is 21.9 Å². The van der Waals surface area contributed by atoms with E-state index in [9.17, 15) is 29.9 Å². The number of aromatic amines is 1. The number of nitrogens with one attached hydrogen (secondary N) is 1. The molecular weight excluding hydrogens is 398 g/mol. The molecule has 9 N–H and O–H groups in total. The van der Waals surface area contributed by atoms with E-state index in [-0.39, 0.29) is 25.4 Å². The van der Waals surface area contributed by atoms with Crippen LogP contribution in [0.5, 0.6) is 0 Å². The molecule has 2 rings (SSSR count). The summed E-state index contributed by atoms with van der Waals surface area (Å²) < 4.78 is 5.99. The number of nitriles is 1. The fourth-order valence-electron chi connectivity index (χ4n) is 3.41. The van der Waals surface area contributed by atoms with Gasteiger partial charge in [-0.15, -0.1) is 0 Å². The number of ether oxygens (including phenoxy) is 1. The molecule has 0 aromatic carbocycles. The third kappa shape index (κ3) is 4.85. The molecule has 13 nitrogen and oxygen atoms in total. The molecule has 0 spiro atoms. The van der Waals surface area contributed by atoms with E-state index in [1.165, 1.54) is 0 Å². The van der Waals surface area contributed by atoms with Gasteiger partial charge in [0.25, 0.3) is 5.56 Å². The highest BCUT2D eigenvalue weighted by Crippen LogP contribution is 2.40. The van der Waals surface area contributed by atoms with Crippen LogP contribution in [0.2, 0.25) is 0 Å². The van der Waals surface area contributed by atoms with Gasteiger partial charge in [0.2, 0.25) is 0 Å². The molecule has 0 radical (unpaired) electrons. The number of esters is 1. The molecule has 30 heavy (non-hydrogen) atoms. The molecule has 0 bridgehead atoms. The molecular formula is C17H25N7O6. The number of rotatable bonds is 8. The first-order chi connectivity index (χ1) is 14.1. The molecule has 0 amide bonds. The van der Waals surface area contributed by atoms with E-state index in [0.29, 0.717) is 13.0 Å². The predicted molar refractivity (Wildman–Crippen MR) is 104 cm³/mol. The quantitative estimate of drug-likeness (QED) is 0.104. The van der Waals surface area contributed by atoms with Crippen LogP contribution >= 0.6 is 0 Å². The first kappa shape index (κ1) is 23.1. The molecule has 1 aliphatic carbocycles. The molecule has 1 aliphatic rings. The molecule has 1 fully saturated rings. The number of H-pyrrole nitrogens is 1. The van der Waals surface area contributed by atoms with Crippen molar-refractivity contribution >= 4 is 11.9 Å². The van der Waals surface area contributed by atoms with E-state index < -0.39 is 46.9 Å². The molecule has 1 heterocycles. The van der Waals surface area contributed by atoms with Gasteiger partial charge in [-0.3, -0.25) is 24.1 Å². The minimum Gasteiger partial charge on any atom is -0.464 e. The summed E-state index contributed by atoms with van der Waals surface area (Å²) in [4.78, 5) is 41.2. The zero-order valence-electron chi connectivity index (χ0n) is 16.1. The number of nitrogens with two attached hydrogens (primary N) is 3. The Morgan fingerprint density at radius 3 is 2.77 bits per heavy atom. The highest BCUT2D eigenvalue weighted by atomic mass is 16.5. The van der Waals surface area contributed by atoms with Crippen molar-refractivity contribution in [2.75, 3.05) is 13.2 Å². The summed E-state index contributed by atoms with van der Waals surface area (Å²) in [5.41, 5.74) is 12.8. The van der Waals surface area contributed by atoms with E-state index in [2.05, 4.69) is 4.99 Å². The third-order valence-corrected chi connectivity index (χ3v) is 5.03. The minimum atomic E-state index is -1.83. The normalized spacial score (nSPS) is 26.5. The lowest BCUT2D eigenvalue weighted by Crippen LogP contribution is -2.49. The van der Waals surface area contributed by atoms with Crippen LogP contribution in [-0.4, -0.2) is 63.1 Å². The first-order valence-corrected chi connectivity index (χ1v) is 9.20. The zero-order valence-corrected chi connectivity index (χ0v) is 16.1. The van der Waals surface area contributed by atoms with Gasteiger partial charge in [0.15, 0.2) is 11.5 Å². The Kier molecular flexibility index (Phi) is 7.33. The number of carbonyl (C=O) groups excluding carboxylic acids is 1.